The molecule has 1 atom stereocenters. The lowest BCUT2D eigenvalue weighted by atomic mass is 10.0. The third kappa shape index (κ3) is 5.55. The molecule has 202 valence electrons. The molecule has 4 aromatic rings. The Labute approximate surface area is 227 Å². The fraction of sp³-hybridized carbons (Fsp3) is 0.345. The number of benzene rings is 1. The molecule has 10 nitrogen and oxygen atoms in total. The number of piperidine rings is 1. The third-order valence-electron chi connectivity index (χ3n) is 6.66. The number of anilines is 2. The van der Waals surface area contributed by atoms with Crippen molar-refractivity contribution in [3.05, 3.63) is 66.0 Å². The molecular weight excluding hydrogens is 494 g/mol. The summed E-state index contributed by atoms with van der Waals surface area (Å²) in [6, 6.07) is 12.5. The van der Waals surface area contributed by atoms with Crippen molar-refractivity contribution in [1.29, 1.82) is 0 Å². The molecule has 0 unspecified atom stereocenters. The Kier molecular flexibility index (Phi) is 6.94. The van der Waals surface area contributed by atoms with Crippen LogP contribution in [0.2, 0.25) is 0 Å². The zero-order valence-corrected chi connectivity index (χ0v) is 22.6. The van der Waals surface area contributed by atoms with E-state index in [1.807, 2.05) is 50.6 Å². The molecule has 1 saturated heterocycles. The first-order valence-electron chi connectivity index (χ1n) is 13.0. The minimum absolute atomic E-state index is 0.0496. The highest BCUT2D eigenvalue weighted by atomic mass is 16.6. The van der Waals surface area contributed by atoms with Crippen LogP contribution in [-0.2, 0) is 4.74 Å². The van der Waals surface area contributed by atoms with Gasteiger partial charge in [-0.3, -0.25) is 9.48 Å². The fourth-order valence-electron chi connectivity index (χ4n) is 4.86. The molecule has 4 heterocycles. The number of ether oxygens (including phenoxy) is 1. The van der Waals surface area contributed by atoms with Crippen LogP contribution in [0, 0.1) is 6.92 Å². The first kappa shape index (κ1) is 26.1. The Balaban J connectivity index is 1.47. The molecule has 3 aromatic heterocycles. The molecule has 1 aliphatic rings. The molecule has 1 aliphatic heterocycles. The SMILES string of the molecule is Cc1cnc(N)c2c(-c3ccc(C(=O)Nc4ccccn4)cc3)nn([C@@H]3CCCN(C(=O)OC(C)(C)C)C3)c12. The largest absolute Gasteiger partial charge is 0.444 e. The second-order valence-corrected chi connectivity index (χ2v) is 10.8. The van der Waals surface area contributed by atoms with E-state index in [1.165, 1.54) is 0 Å². The van der Waals surface area contributed by atoms with Gasteiger partial charge in [-0.2, -0.15) is 5.10 Å². The molecular formula is C29H33N7O3. The van der Waals surface area contributed by atoms with E-state index in [4.69, 9.17) is 15.6 Å². The van der Waals surface area contributed by atoms with Crippen LogP contribution in [0.4, 0.5) is 16.4 Å². The number of carbonyl (C=O) groups excluding carboxylic acids is 2. The number of rotatable bonds is 4. The maximum absolute atomic E-state index is 12.8. The van der Waals surface area contributed by atoms with Gasteiger partial charge >= 0.3 is 6.09 Å². The minimum Gasteiger partial charge on any atom is -0.444 e. The van der Waals surface area contributed by atoms with Gasteiger partial charge < -0.3 is 20.7 Å². The summed E-state index contributed by atoms with van der Waals surface area (Å²) in [5.74, 6) is 0.615. The normalized spacial score (nSPS) is 15.8. The molecule has 1 fully saturated rings. The quantitative estimate of drug-likeness (QED) is 0.373. The lowest BCUT2D eigenvalue weighted by Crippen LogP contribution is -2.43. The maximum atomic E-state index is 12.8. The highest BCUT2D eigenvalue weighted by molar-refractivity contribution is 6.05. The van der Waals surface area contributed by atoms with Gasteiger partial charge in [-0.25, -0.2) is 14.8 Å². The van der Waals surface area contributed by atoms with E-state index in [0.717, 1.165) is 34.9 Å². The number of amides is 2. The summed E-state index contributed by atoms with van der Waals surface area (Å²) < 4.78 is 7.61. The molecule has 2 amide bonds. The lowest BCUT2D eigenvalue weighted by molar-refractivity contribution is 0.0169. The maximum Gasteiger partial charge on any atom is 0.410 e. The molecule has 0 radical (unpaired) electrons. The average Bonchev–Trinajstić information content (AvgIpc) is 3.33. The number of nitrogens with one attached hydrogen (secondary N) is 1. The number of hydrogen-bond donors (Lipinski definition) is 2. The van der Waals surface area contributed by atoms with E-state index < -0.39 is 5.60 Å². The average molecular weight is 528 g/mol. The van der Waals surface area contributed by atoms with Crippen LogP contribution >= 0.6 is 0 Å². The summed E-state index contributed by atoms with van der Waals surface area (Å²) in [6.45, 7) is 8.71. The predicted molar refractivity (Wildman–Crippen MR) is 150 cm³/mol. The summed E-state index contributed by atoms with van der Waals surface area (Å²) >= 11 is 0. The Morgan fingerprint density at radius 1 is 1.10 bits per heavy atom. The van der Waals surface area contributed by atoms with Crippen molar-refractivity contribution in [2.45, 2.75) is 52.2 Å². The zero-order chi connectivity index (χ0) is 27.7. The van der Waals surface area contributed by atoms with Crippen molar-refractivity contribution in [3.8, 4) is 11.3 Å². The topological polar surface area (TPSA) is 128 Å². The number of likely N-dealkylation sites (tertiary alicyclic amines) is 1. The molecule has 1 aromatic carbocycles. The number of fused-ring (bicyclic) bond motifs is 1. The number of hydrogen-bond acceptors (Lipinski definition) is 7. The van der Waals surface area contributed by atoms with Crippen molar-refractivity contribution in [2.24, 2.45) is 0 Å². The predicted octanol–water partition coefficient (Wildman–Crippen LogP) is 5.21. The van der Waals surface area contributed by atoms with Crippen LogP contribution in [0.1, 0.15) is 55.6 Å². The Morgan fingerprint density at radius 2 is 1.87 bits per heavy atom. The van der Waals surface area contributed by atoms with Gasteiger partial charge in [0.25, 0.3) is 5.91 Å². The van der Waals surface area contributed by atoms with Gasteiger partial charge in [0.2, 0.25) is 0 Å². The fourth-order valence-corrected chi connectivity index (χ4v) is 4.86. The van der Waals surface area contributed by atoms with Crippen molar-refractivity contribution >= 4 is 34.5 Å². The van der Waals surface area contributed by atoms with E-state index >= 15 is 0 Å². The smallest absolute Gasteiger partial charge is 0.410 e. The van der Waals surface area contributed by atoms with Gasteiger partial charge in [0, 0.05) is 36.6 Å². The zero-order valence-electron chi connectivity index (χ0n) is 22.6. The molecule has 5 rings (SSSR count). The number of nitrogens with two attached hydrogens (primary N) is 1. The van der Waals surface area contributed by atoms with Crippen molar-refractivity contribution < 1.29 is 14.3 Å². The van der Waals surface area contributed by atoms with E-state index in [0.29, 0.717) is 36.0 Å². The Hall–Kier alpha value is -4.47. The minimum atomic E-state index is -0.563. The van der Waals surface area contributed by atoms with Crippen LogP contribution < -0.4 is 11.1 Å². The molecule has 10 heteroatoms. The number of aromatic nitrogens is 4. The monoisotopic (exact) mass is 527 g/mol. The van der Waals surface area contributed by atoms with Crippen LogP contribution in [0.15, 0.2) is 54.9 Å². The summed E-state index contributed by atoms with van der Waals surface area (Å²) in [5, 5.41) is 8.58. The van der Waals surface area contributed by atoms with Gasteiger partial charge in [0.1, 0.15) is 22.9 Å². The van der Waals surface area contributed by atoms with Gasteiger partial charge in [0.05, 0.1) is 16.9 Å². The standard InChI is InChI=1S/C29H33N7O3/c1-18-16-32-26(30)23-24(19-10-12-20(13-11-19)27(37)33-22-9-5-6-14-31-22)34-36(25(18)23)21-8-7-15-35(17-21)28(38)39-29(2,3)4/h5-6,9-14,16,21H,7-8,15,17H2,1-4H3,(H2,30,32)(H,31,33,37)/t21-/m1/s1. The summed E-state index contributed by atoms with van der Waals surface area (Å²) in [4.78, 5) is 35.8. The van der Waals surface area contributed by atoms with Gasteiger partial charge in [0.15, 0.2) is 0 Å². The third-order valence-corrected chi connectivity index (χ3v) is 6.66. The second kappa shape index (κ2) is 10.4. The van der Waals surface area contributed by atoms with E-state index in [2.05, 4.69) is 15.3 Å². The molecule has 0 spiro atoms. The number of nitrogens with zero attached hydrogens (tertiary/aromatic N) is 5. The summed E-state index contributed by atoms with van der Waals surface area (Å²) in [6.07, 6.45) is 4.75. The molecule has 0 bridgehead atoms. The first-order chi connectivity index (χ1) is 18.6. The molecule has 39 heavy (non-hydrogen) atoms. The van der Waals surface area contributed by atoms with Crippen LogP contribution in [0.25, 0.3) is 22.2 Å². The number of pyridine rings is 2. The Morgan fingerprint density at radius 3 is 2.56 bits per heavy atom. The highest BCUT2D eigenvalue weighted by Gasteiger charge is 2.31. The number of carbonyl (C=O) groups is 2. The van der Waals surface area contributed by atoms with Crippen LogP contribution in [0.3, 0.4) is 0 Å². The first-order valence-corrected chi connectivity index (χ1v) is 13.0. The summed E-state index contributed by atoms with van der Waals surface area (Å²) in [5.41, 5.74) is 9.66. The van der Waals surface area contributed by atoms with Crippen LogP contribution in [-0.4, -0.2) is 55.3 Å². The van der Waals surface area contributed by atoms with Gasteiger partial charge in [-0.15, -0.1) is 0 Å². The van der Waals surface area contributed by atoms with E-state index in [9.17, 15) is 9.59 Å². The van der Waals surface area contributed by atoms with Crippen molar-refractivity contribution in [1.82, 2.24) is 24.6 Å². The van der Waals surface area contributed by atoms with E-state index in [-0.39, 0.29) is 18.0 Å². The van der Waals surface area contributed by atoms with E-state index in [1.54, 1.807) is 41.6 Å². The number of aryl methyl sites for hydroxylation is 1. The second-order valence-electron chi connectivity index (χ2n) is 10.8. The lowest BCUT2D eigenvalue weighted by Gasteiger charge is -2.34. The molecule has 0 aliphatic carbocycles. The number of nitrogen functional groups attached to an aromatic ring is 1. The van der Waals surface area contributed by atoms with Gasteiger partial charge in [-0.05, 0) is 70.4 Å². The van der Waals surface area contributed by atoms with Crippen molar-refractivity contribution in [2.75, 3.05) is 24.1 Å². The molecule has 0 saturated carbocycles. The van der Waals surface area contributed by atoms with Crippen molar-refractivity contribution in [3.63, 3.8) is 0 Å². The van der Waals surface area contributed by atoms with Gasteiger partial charge in [-0.1, -0.05) is 18.2 Å². The summed E-state index contributed by atoms with van der Waals surface area (Å²) in [7, 11) is 0. The Bertz CT molecular complexity index is 1510. The van der Waals surface area contributed by atoms with Crippen LogP contribution in [0.5, 0.6) is 0 Å². The molecule has 3 N–H and O–H groups in total. The highest BCUT2D eigenvalue weighted by Crippen LogP contribution is 2.36.